The fourth-order valence-electron chi connectivity index (χ4n) is 1.40. The topological polar surface area (TPSA) is 17.1 Å². The number of ketones is 1. The number of fused-ring (bicyclic) bond motifs is 1. The molecule has 2 atom stereocenters. The van der Waals surface area contributed by atoms with E-state index in [1.54, 1.807) is 6.07 Å². The first-order valence-electron chi connectivity index (χ1n) is 3.63. The normalized spacial score (nSPS) is 27.3. The van der Waals surface area contributed by atoms with Gasteiger partial charge in [0.2, 0.25) is 0 Å². The molecule has 0 aromatic heterocycles. The molecule has 3 heteroatoms. The van der Waals surface area contributed by atoms with Crippen LogP contribution in [0.3, 0.4) is 0 Å². The summed E-state index contributed by atoms with van der Waals surface area (Å²) in [4.78, 5) is 11.4. The zero-order valence-corrected chi connectivity index (χ0v) is 7.64. The van der Waals surface area contributed by atoms with Crippen molar-refractivity contribution in [3.8, 4) is 0 Å². The summed E-state index contributed by atoms with van der Waals surface area (Å²) in [7, 11) is 0. The molecule has 1 nitrogen and oxygen atoms in total. The van der Waals surface area contributed by atoms with Crippen LogP contribution in [-0.4, -0.2) is 11.2 Å². The van der Waals surface area contributed by atoms with Gasteiger partial charge in [-0.05, 0) is 5.56 Å². The van der Waals surface area contributed by atoms with E-state index in [4.69, 9.17) is 23.2 Å². The lowest BCUT2D eigenvalue weighted by molar-refractivity contribution is 0.0997. The lowest BCUT2D eigenvalue weighted by Gasteiger charge is -2.02. The first-order chi connectivity index (χ1) is 5.72. The van der Waals surface area contributed by atoms with Gasteiger partial charge in [0.05, 0.1) is 5.38 Å². The van der Waals surface area contributed by atoms with Crippen molar-refractivity contribution in [2.75, 3.05) is 0 Å². The summed E-state index contributed by atoms with van der Waals surface area (Å²) in [5, 5.41) is -0.959. The van der Waals surface area contributed by atoms with Crippen LogP contribution in [0.5, 0.6) is 0 Å². The average molecular weight is 201 g/mol. The summed E-state index contributed by atoms with van der Waals surface area (Å²) in [5.41, 5.74) is 1.52. The van der Waals surface area contributed by atoms with Crippen LogP contribution in [0.1, 0.15) is 21.3 Å². The predicted molar refractivity (Wildman–Crippen MR) is 49.0 cm³/mol. The van der Waals surface area contributed by atoms with Crippen LogP contribution in [0.2, 0.25) is 0 Å². The minimum absolute atomic E-state index is 0.0627. The van der Waals surface area contributed by atoms with Crippen molar-refractivity contribution < 1.29 is 4.79 Å². The highest BCUT2D eigenvalue weighted by Gasteiger charge is 2.36. The maximum Gasteiger partial charge on any atom is 0.182 e. The number of alkyl halides is 2. The largest absolute Gasteiger partial charge is 0.292 e. The Labute approximate surface area is 80.3 Å². The maximum atomic E-state index is 11.4. The zero-order valence-electron chi connectivity index (χ0n) is 6.13. The minimum atomic E-state index is -0.593. The third-order valence-electron chi connectivity index (χ3n) is 2.03. The number of hydrogen-bond acceptors (Lipinski definition) is 1. The molecule has 0 saturated heterocycles. The maximum absolute atomic E-state index is 11.4. The van der Waals surface area contributed by atoms with E-state index in [1.165, 1.54) is 0 Å². The summed E-state index contributed by atoms with van der Waals surface area (Å²) in [6.45, 7) is 0. The molecule has 0 spiro atoms. The lowest BCUT2D eigenvalue weighted by atomic mass is 10.1. The number of halogens is 2. The Morgan fingerprint density at radius 1 is 1.08 bits per heavy atom. The fourth-order valence-corrected chi connectivity index (χ4v) is 1.96. The Kier molecular flexibility index (Phi) is 1.85. The molecule has 0 heterocycles. The first-order valence-corrected chi connectivity index (χ1v) is 4.50. The number of hydrogen-bond donors (Lipinski definition) is 0. The van der Waals surface area contributed by atoms with Gasteiger partial charge in [-0.2, -0.15) is 0 Å². The summed E-state index contributed by atoms with van der Waals surface area (Å²) in [6, 6.07) is 7.27. The van der Waals surface area contributed by atoms with Crippen LogP contribution in [-0.2, 0) is 0 Å². The van der Waals surface area contributed by atoms with Gasteiger partial charge >= 0.3 is 0 Å². The van der Waals surface area contributed by atoms with Gasteiger partial charge in [-0.3, -0.25) is 4.79 Å². The molecule has 2 rings (SSSR count). The Balaban J connectivity index is 2.59. The molecule has 0 saturated carbocycles. The monoisotopic (exact) mass is 200 g/mol. The van der Waals surface area contributed by atoms with E-state index in [1.807, 2.05) is 18.2 Å². The number of carbonyl (C=O) groups excluding carboxylic acids is 1. The quantitative estimate of drug-likeness (QED) is 0.589. The summed E-state index contributed by atoms with van der Waals surface area (Å²) in [5.74, 6) is -0.0627. The Morgan fingerprint density at radius 3 is 2.42 bits per heavy atom. The molecule has 0 N–H and O–H groups in total. The van der Waals surface area contributed by atoms with Gasteiger partial charge in [0.25, 0.3) is 0 Å². The number of benzene rings is 1. The summed E-state index contributed by atoms with van der Waals surface area (Å²) >= 11 is 11.7. The summed E-state index contributed by atoms with van der Waals surface area (Å²) < 4.78 is 0. The highest BCUT2D eigenvalue weighted by molar-refractivity contribution is 6.42. The molecule has 1 aliphatic carbocycles. The zero-order chi connectivity index (χ0) is 8.72. The van der Waals surface area contributed by atoms with Gasteiger partial charge in [0.15, 0.2) is 5.78 Å². The van der Waals surface area contributed by atoms with Crippen molar-refractivity contribution in [1.29, 1.82) is 0 Å². The molecule has 62 valence electrons. The third-order valence-corrected chi connectivity index (χ3v) is 3.10. The molecular formula is C9H6Cl2O. The molecule has 12 heavy (non-hydrogen) atoms. The molecule has 0 fully saturated rings. The van der Waals surface area contributed by atoms with E-state index in [0.29, 0.717) is 5.56 Å². The molecule has 2 unspecified atom stereocenters. The second-order valence-corrected chi connectivity index (χ2v) is 3.70. The molecule has 0 amide bonds. The molecule has 1 aromatic carbocycles. The van der Waals surface area contributed by atoms with E-state index < -0.39 is 5.38 Å². The fraction of sp³-hybridized carbons (Fsp3) is 0.222. The van der Waals surface area contributed by atoms with Crippen molar-refractivity contribution in [1.82, 2.24) is 0 Å². The number of Topliss-reactive ketones (excluding diaryl/α,β-unsaturated/α-hetero) is 1. The highest BCUT2D eigenvalue weighted by atomic mass is 35.5. The van der Waals surface area contributed by atoms with Crippen LogP contribution in [0, 0.1) is 0 Å². The van der Waals surface area contributed by atoms with Gasteiger partial charge < -0.3 is 0 Å². The van der Waals surface area contributed by atoms with Crippen LogP contribution >= 0.6 is 23.2 Å². The Morgan fingerprint density at radius 2 is 1.75 bits per heavy atom. The summed E-state index contributed by atoms with van der Waals surface area (Å²) in [6.07, 6.45) is 0. The van der Waals surface area contributed by atoms with Crippen LogP contribution < -0.4 is 0 Å². The molecular weight excluding hydrogens is 195 g/mol. The van der Waals surface area contributed by atoms with Gasteiger partial charge in [-0.25, -0.2) is 0 Å². The lowest BCUT2D eigenvalue weighted by Crippen LogP contribution is -2.08. The number of rotatable bonds is 0. The predicted octanol–water partition coefficient (Wildman–Crippen LogP) is 2.77. The molecule has 0 aliphatic heterocycles. The molecule has 1 aromatic rings. The van der Waals surface area contributed by atoms with E-state index >= 15 is 0 Å². The number of carbonyl (C=O) groups is 1. The van der Waals surface area contributed by atoms with E-state index in [-0.39, 0.29) is 11.2 Å². The van der Waals surface area contributed by atoms with Crippen molar-refractivity contribution in [3.05, 3.63) is 35.4 Å². The molecule has 0 bridgehead atoms. The SMILES string of the molecule is O=C1c2ccccc2C(Cl)C1Cl. The standard InChI is InChI=1S/C9H6Cl2O/c10-7-5-3-1-2-4-6(5)9(12)8(7)11/h1-4,7-8H. The van der Waals surface area contributed by atoms with Crippen LogP contribution in [0.4, 0.5) is 0 Å². The van der Waals surface area contributed by atoms with Crippen molar-refractivity contribution in [3.63, 3.8) is 0 Å². The smallest absolute Gasteiger partial charge is 0.182 e. The molecule has 1 aliphatic rings. The van der Waals surface area contributed by atoms with Gasteiger partial charge in [-0.1, -0.05) is 24.3 Å². The minimum Gasteiger partial charge on any atom is -0.292 e. The van der Waals surface area contributed by atoms with Crippen LogP contribution in [0.25, 0.3) is 0 Å². The van der Waals surface area contributed by atoms with Gasteiger partial charge in [0, 0.05) is 5.56 Å². The average Bonchev–Trinajstić information content (AvgIpc) is 2.33. The van der Waals surface area contributed by atoms with Crippen molar-refractivity contribution in [2.45, 2.75) is 10.8 Å². The van der Waals surface area contributed by atoms with Crippen molar-refractivity contribution >= 4 is 29.0 Å². The Hall–Kier alpha value is -0.530. The molecule has 0 radical (unpaired) electrons. The first kappa shape index (κ1) is 8.09. The second-order valence-electron chi connectivity index (χ2n) is 2.76. The highest BCUT2D eigenvalue weighted by Crippen LogP contribution is 2.38. The van der Waals surface area contributed by atoms with E-state index in [0.717, 1.165) is 5.56 Å². The van der Waals surface area contributed by atoms with Crippen LogP contribution in [0.15, 0.2) is 24.3 Å². The van der Waals surface area contributed by atoms with Gasteiger partial charge in [-0.15, -0.1) is 23.2 Å². The van der Waals surface area contributed by atoms with Gasteiger partial charge in [0.1, 0.15) is 5.38 Å². The third kappa shape index (κ3) is 0.970. The second kappa shape index (κ2) is 2.75. The Bertz CT molecular complexity index is 335. The van der Waals surface area contributed by atoms with E-state index in [9.17, 15) is 4.79 Å². The van der Waals surface area contributed by atoms with Crippen molar-refractivity contribution in [2.24, 2.45) is 0 Å². The van der Waals surface area contributed by atoms with E-state index in [2.05, 4.69) is 0 Å².